The van der Waals surface area contributed by atoms with Crippen LogP contribution in [-0.4, -0.2) is 31.4 Å². The van der Waals surface area contributed by atoms with Crippen LogP contribution < -0.4 is 10.5 Å². The minimum absolute atomic E-state index is 0.0762. The van der Waals surface area contributed by atoms with E-state index in [1.807, 2.05) is 30.3 Å². The van der Waals surface area contributed by atoms with E-state index in [2.05, 4.69) is 10.3 Å². The number of carbonyl (C=O) groups is 2. The Morgan fingerprint density at radius 3 is 2.38 bits per heavy atom. The van der Waals surface area contributed by atoms with E-state index in [1.165, 1.54) is 42.5 Å². The fraction of sp³-hybridized carbons (Fsp3) is 0.105. The highest BCUT2D eigenvalue weighted by Gasteiger charge is 2.21. The summed E-state index contributed by atoms with van der Waals surface area (Å²) in [5.74, 6) is -1.28. The number of benzene rings is 2. The first-order chi connectivity index (χ1) is 13.7. The van der Waals surface area contributed by atoms with Crippen LogP contribution in [0.5, 0.6) is 0 Å². The molecule has 1 heterocycles. The summed E-state index contributed by atoms with van der Waals surface area (Å²) in [4.78, 5) is 28.7. The summed E-state index contributed by atoms with van der Waals surface area (Å²) in [5, 5.41) is 9.81. The number of anilines is 1. The third kappa shape index (κ3) is 5.25. The second-order valence-corrected chi connectivity index (χ2v) is 8.43. The van der Waals surface area contributed by atoms with Crippen LogP contribution >= 0.6 is 11.3 Å². The highest BCUT2D eigenvalue weighted by molar-refractivity contribution is 7.89. The van der Waals surface area contributed by atoms with Crippen molar-refractivity contribution >= 4 is 38.9 Å². The Morgan fingerprint density at radius 2 is 1.76 bits per heavy atom. The first-order valence-corrected chi connectivity index (χ1v) is 10.8. The van der Waals surface area contributed by atoms with Crippen LogP contribution in [0.3, 0.4) is 0 Å². The Balaban J connectivity index is 1.61. The number of thiazole rings is 1. The summed E-state index contributed by atoms with van der Waals surface area (Å²) in [6, 6.07) is 14.7. The van der Waals surface area contributed by atoms with Gasteiger partial charge in [0.15, 0.2) is 11.8 Å². The molecule has 1 amide bonds. The van der Waals surface area contributed by atoms with Gasteiger partial charge < -0.3 is 10.1 Å². The number of nitrogens with one attached hydrogen (secondary N) is 1. The second-order valence-electron chi connectivity index (χ2n) is 6.01. The van der Waals surface area contributed by atoms with Gasteiger partial charge in [-0.25, -0.2) is 23.3 Å². The van der Waals surface area contributed by atoms with Crippen molar-refractivity contribution in [2.45, 2.75) is 17.9 Å². The van der Waals surface area contributed by atoms with Crippen molar-refractivity contribution in [3.05, 3.63) is 65.7 Å². The molecule has 1 aromatic heterocycles. The van der Waals surface area contributed by atoms with Gasteiger partial charge in [0.1, 0.15) is 5.01 Å². The Hall–Kier alpha value is -3.08. The van der Waals surface area contributed by atoms with Crippen LogP contribution in [-0.2, 0) is 19.6 Å². The molecule has 0 saturated carbocycles. The quantitative estimate of drug-likeness (QED) is 0.577. The predicted molar refractivity (Wildman–Crippen MR) is 109 cm³/mol. The van der Waals surface area contributed by atoms with Gasteiger partial charge in [0.05, 0.1) is 4.90 Å². The lowest BCUT2D eigenvalue weighted by Crippen LogP contribution is -2.30. The summed E-state index contributed by atoms with van der Waals surface area (Å²) in [7, 11) is -3.82. The van der Waals surface area contributed by atoms with Crippen LogP contribution in [0.1, 0.15) is 17.4 Å². The van der Waals surface area contributed by atoms with Gasteiger partial charge in [0.2, 0.25) is 10.0 Å². The van der Waals surface area contributed by atoms with Crippen molar-refractivity contribution in [1.29, 1.82) is 0 Å². The number of hydrogen-bond acceptors (Lipinski definition) is 7. The summed E-state index contributed by atoms with van der Waals surface area (Å²) in [5.41, 5.74) is 1.33. The summed E-state index contributed by atoms with van der Waals surface area (Å²) in [6.07, 6.45) is -1.08. The Labute approximate surface area is 171 Å². The average Bonchev–Trinajstić information content (AvgIpc) is 3.19. The molecule has 10 heteroatoms. The summed E-state index contributed by atoms with van der Waals surface area (Å²) < 4.78 is 27.7. The van der Waals surface area contributed by atoms with Crippen LogP contribution in [0.4, 0.5) is 5.69 Å². The fourth-order valence-corrected chi connectivity index (χ4v) is 3.64. The van der Waals surface area contributed by atoms with E-state index in [4.69, 9.17) is 9.88 Å². The molecular formula is C19H17N3O5S2. The number of ether oxygens (including phenoxy) is 1. The van der Waals surface area contributed by atoms with E-state index >= 15 is 0 Å². The molecule has 0 aliphatic rings. The molecule has 3 rings (SSSR count). The Kier molecular flexibility index (Phi) is 6.06. The van der Waals surface area contributed by atoms with E-state index in [9.17, 15) is 18.0 Å². The fourth-order valence-electron chi connectivity index (χ4n) is 2.33. The van der Waals surface area contributed by atoms with Crippen molar-refractivity contribution in [2.24, 2.45) is 5.14 Å². The minimum Gasteiger partial charge on any atom is -0.448 e. The zero-order valence-electron chi connectivity index (χ0n) is 15.2. The van der Waals surface area contributed by atoms with Crippen molar-refractivity contribution < 1.29 is 22.7 Å². The number of amides is 1. The maximum Gasteiger partial charge on any atom is 0.358 e. The molecule has 0 bridgehead atoms. The topological polar surface area (TPSA) is 128 Å². The molecule has 150 valence electrons. The van der Waals surface area contributed by atoms with Gasteiger partial charge in [0, 0.05) is 16.6 Å². The smallest absolute Gasteiger partial charge is 0.358 e. The van der Waals surface area contributed by atoms with Gasteiger partial charge in [-0.2, -0.15) is 0 Å². The first-order valence-electron chi connectivity index (χ1n) is 8.40. The monoisotopic (exact) mass is 431 g/mol. The van der Waals surface area contributed by atoms with Crippen LogP contribution in [0.25, 0.3) is 10.6 Å². The molecule has 0 radical (unpaired) electrons. The van der Waals surface area contributed by atoms with E-state index < -0.39 is 28.0 Å². The minimum atomic E-state index is -3.82. The molecule has 0 spiro atoms. The summed E-state index contributed by atoms with van der Waals surface area (Å²) >= 11 is 1.30. The number of sulfonamides is 1. The first kappa shape index (κ1) is 20.6. The van der Waals surface area contributed by atoms with Crippen molar-refractivity contribution in [2.75, 3.05) is 5.32 Å². The molecule has 0 fully saturated rings. The molecule has 0 aliphatic heterocycles. The molecule has 8 nitrogen and oxygen atoms in total. The molecule has 0 aliphatic carbocycles. The van der Waals surface area contributed by atoms with E-state index in [0.29, 0.717) is 10.7 Å². The molecule has 2 aromatic carbocycles. The Bertz CT molecular complexity index is 1130. The maximum atomic E-state index is 12.3. The number of esters is 1. The third-order valence-electron chi connectivity index (χ3n) is 3.84. The van der Waals surface area contributed by atoms with Gasteiger partial charge in [-0.1, -0.05) is 30.3 Å². The van der Waals surface area contributed by atoms with Gasteiger partial charge in [-0.05, 0) is 31.2 Å². The summed E-state index contributed by atoms with van der Waals surface area (Å²) in [6.45, 7) is 1.43. The average molecular weight is 431 g/mol. The van der Waals surface area contributed by atoms with Crippen molar-refractivity contribution in [3.63, 3.8) is 0 Å². The van der Waals surface area contributed by atoms with Crippen molar-refractivity contribution in [1.82, 2.24) is 4.98 Å². The molecule has 1 atom stereocenters. The number of aromatic nitrogens is 1. The lowest BCUT2D eigenvalue weighted by atomic mass is 10.2. The number of nitrogens with zero attached hydrogens (tertiary/aromatic N) is 1. The normalized spacial score (nSPS) is 12.2. The zero-order valence-corrected chi connectivity index (χ0v) is 16.9. The van der Waals surface area contributed by atoms with Gasteiger partial charge in [0.25, 0.3) is 5.91 Å². The number of hydrogen-bond donors (Lipinski definition) is 2. The van der Waals surface area contributed by atoms with Crippen LogP contribution in [0.2, 0.25) is 0 Å². The lowest BCUT2D eigenvalue weighted by Gasteiger charge is -2.13. The SMILES string of the molecule is C[C@H](OC(=O)c1csc(-c2ccccc2)n1)C(=O)Nc1ccc(S(N)(=O)=O)cc1. The molecule has 29 heavy (non-hydrogen) atoms. The van der Waals surface area contributed by atoms with E-state index in [1.54, 1.807) is 5.38 Å². The molecule has 3 N–H and O–H groups in total. The number of rotatable bonds is 6. The Morgan fingerprint density at radius 1 is 1.10 bits per heavy atom. The standard InChI is InChI=1S/C19H17N3O5S2/c1-12(17(23)21-14-7-9-15(10-8-14)29(20,25)26)27-19(24)16-11-28-18(22-16)13-5-3-2-4-6-13/h2-12H,1H3,(H,21,23)(H2,20,25,26)/t12-/m0/s1. The van der Waals surface area contributed by atoms with Crippen LogP contribution in [0, 0.1) is 0 Å². The van der Waals surface area contributed by atoms with Gasteiger partial charge in [-0.15, -0.1) is 11.3 Å². The molecule has 0 saturated heterocycles. The largest absolute Gasteiger partial charge is 0.448 e. The number of primary sulfonamides is 1. The van der Waals surface area contributed by atoms with E-state index in [0.717, 1.165) is 5.56 Å². The zero-order chi connectivity index (χ0) is 21.0. The molecular weight excluding hydrogens is 414 g/mol. The highest BCUT2D eigenvalue weighted by atomic mass is 32.2. The predicted octanol–water partition coefficient (Wildman–Crippen LogP) is 2.64. The van der Waals surface area contributed by atoms with Gasteiger partial charge in [-0.3, -0.25) is 4.79 Å². The number of nitrogens with two attached hydrogens (primary N) is 1. The molecule has 3 aromatic rings. The third-order valence-corrected chi connectivity index (χ3v) is 5.66. The lowest BCUT2D eigenvalue weighted by molar-refractivity contribution is -0.123. The molecule has 0 unspecified atom stereocenters. The highest BCUT2D eigenvalue weighted by Crippen LogP contribution is 2.23. The van der Waals surface area contributed by atoms with E-state index in [-0.39, 0.29) is 10.6 Å². The maximum absolute atomic E-state index is 12.3. The second kappa shape index (κ2) is 8.52. The van der Waals surface area contributed by atoms with Gasteiger partial charge >= 0.3 is 5.97 Å². The van der Waals surface area contributed by atoms with Crippen molar-refractivity contribution in [3.8, 4) is 10.6 Å². The number of carbonyl (C=O) groups excluding carboxylic acids is 2. The van der Waals surface area contributed by atoms with Crippen LogP contribution in [0.15, 0.2) is 64.9 Å².